The van der Waals surface area contributed by atoms with Gasteiger partial charge in [-0.2, -0.15) is 0 Å². The van der Waals surface area contributed by atoms with Crippen molar-refractivity contribution in [3.63, 3.8) is 0 Å². The van der Waals surface area contributed by atoms with Gasteiger partial charge < -0.3 is 44.6 Å². The van der Waals surface area contributed by atoms with E-state index in [1.165, 1.54) is 21.3 Å². The van der Waals surface area contributed by atoms with Crippen molar-refractivity contribution in [3.05, 3.63) is 84.7 Å². The summed E-state index contributed by atoms with van der Waals surface area (Å²) in [7, 11) is 4.05. The zero-order valence-electron chi connectivity index (χ0n) is 34.3. The molecule has 0 unspecified atom stereocenters. The highest BCUT2D eigenvalue weighted by Gasteiger charge is 2.39. The van der Waals surface area contributed by atoms with Gasteiger partial charge in [0, 0.05) is 25.8 Å². The molecule has 2 fully saturated rings. The molecule has 7 rings (SSSR count). The smallest absolute Gasteiger partial charge is 0.407 e. The van der Waals surface area contributed by atoms with Crippen molar-refractivity contribution >= 4 is 34.8 Å². The fraction of sp³-hybridized carbons (Fsp3) is 0.409. The zero-order chi connectivity index (χ0) is 41.8. The van der Waals surface area contributed by atoms with Crippen LogP contribution in [-0.4, -0.2) is 106 Å². The molecule has 5 aromatic rings. The van der Waals surface area contributed by atoms with Crippen molar-refractivity contribution in [3.8, 4) is 33.6 Å². The molecular formula is C44H52N8O7. The predicted molar refractivity (Wildman–Crippen MR) is 222 cm³/mol. The van der Waals surface area contributed by atoms with Gasteiger partial charge in [-0.05, 0) is 78.1 Å². The number of fused-ring (bicyclic) bond motifs is 1. The summed E-state index contributed by atoms with van der Waals surface area (Å²) in [6.45, 7) is 6.68. The van der Waals surface area contributed by atoms with Crippen LogP contribution >= 0.6 is 0 Å². The summed E-state index contributed by atoms with van der Waals surface area (Å²) in [6.07, 6.45) is 4.92. The van der Waals surface area contributed by atoms with Gasteiger partial charge in [0.05, 0.1) is 56.2 Å². The highest BCUT2D eigenvalue weighted by molar-refractivity contribution is 5.91. The number of methoxy groups -OCH3 is 3. The molecule has 4 amide bonds. The number of H-pyrrole nitrogens is 2. The van der Waals surface area contributed by atoms with Crippen molar-refractivity contribution < 1.29 is 33.4 Å². The number of hydrogen-bond acceptors (Lipinski definition) is 9. The molecule has 2 aromatic heterocycles. The molecule has 0 bridgehead atoms. The molecule has 3 aromatic carbocycles. The van der Waals surface area contributed by atoms with E-state index in [4.69, 9.17) is 19.2 Å². The molecule has 15 nitrogen and oxygen atoms in total. The predicted octanol–water partition coefficient (Wildman–Crippen LogP) is 6.75. The summed E-state index contributed by atoms with van der Waals surface area (Å²) in [5.74, 6) is 0.924. The summed E-state index contributed by atoms with van der Waals surface area (Å²) in [4.78, 5) is 71.1. The van der Waals surface area contributed by atoms with Crippen LogP contribution in [0.4, 0.5) is 9.59 Å². The van der Waals surface area contributed by atoms with Crippen LogP contribution in [0.5, 0.6) is 0 Å². The maximum Gasteiger partial charge on any atom is 0.407 e. The van der Waals surface area contributed by atoms with E-state index in [9.17, 15) is 19.2 Å². The first-order valence-corrected chi connectivity index (χ1v) is 20.1. The number of benzene rings is 3. The summed E-state index contributed by atoms with van der Waals surface area (Å²) in [5.41, 5.74) is 5.81. The molecule has 0 saturated carbocycles. The Morgan fingerprint density at radius 2 is 1.10 bits per heavy atom. The Morgan fingerprint density at radius 3 is 1.63 bits per heavy atom. The second kappa shape index (κ2) is 17.7. The van der Waals surface area contributed by atoms with Crippen molar-refractivity contribution in [1.29, 1.82) is 0 Å². The first kappa shape index (κ1) is 41.0. The Balaban J connectivity index is 1.02. The standard InChI is InChI=1S/C44H52N8O7/c1-25(2)37(49-43(55)58-5)41(53)51-19-7-9-35(51)40-46-24-34(48-40)32-18-17-30-21-29(15-16-31(30)22-32)27-11-13-28(14-12-27)33-23-45-39(47-33)36-10-8-20-52(36)42(54)38(26(3)57-4)50-44(56)59-6/h11-18,21-26,35-38H,7-10,19-20H2,1-6H3,(H,45,47)(H,46,48)(H,49,55)(H,50,56)/t26-,35-,36-,37-,38-/m0/s1. The minimum Gasteiger partial charge on any atom is -0.453 e. The van der Waals surface area contributed by atoms with Crippen LogP contribution < -0.4 is 10.6 Å². The minimum absolute atomic E-state index is 0.108. The highest BCUT2D eigenvalue weighted by atomic mass is 16.5. The molecular weight excluding hydrogens is 753 g/mol. The molecule has 0 spiro atoms. The van der Waals surface area contributed by atoms with Crippen LogP contribution in [0, 0.1) is 5.92 Å². The third-order valence-corrected chi connectivity index (χ3v) is 11.5. The van der Waals surface area contributed by atoms with Gasteiger partial charge in [0.2, 0.25) is 11.8 Å². The molecule has 2 aliphatic rings. The number of aromatic nitrogens is 4. The van der Waals surface area contributed by atoms with Crippen molar-refractivity contribution in [1.82, 2.24) is 40.4 Å². The fourth-order valence-corrected chi connectivity index (χ4v) is 8.13. The Bertz CT molecular complexity index is 2300. The number of carbonyl (C=O) groups excluding carboxylic acids is 4. The van der Waals surface area contributed by atoms with E-state index in [1.807, 2.05) is 24.9 Å². The van der Waals surface area contributed by atoms with E-state index in [1.54, 1.807) is 18.0 Å². The second-order valence-electron chi connectivity index (χ2n) is 15.5. The molecule has 0 radical (unpaired) electrons. The minimum atomic E-state index is -0.895. The number of hydrogen-bond donors (Lipinski definition) is 4. The van der Waals surface area contributed by atoms with Gasteiger partial charge in [0.1, 0.15) is 23.7 Å². The van der Waals surface area contributed by atoms with Gasteiger partial charge in [-0.15, -0.1) is 0 Å². The van der Waals surface area contributed by atoms with E-state index >= 15 is 0 Å². The molecule has 59 heavy (non-hydrogen) atoms. The van der Waals surface area contributed by atoms with Crippen LogP contribution in [0.25, 0.3) is 44.4 Å². The number of ether oxygens (including phenoxy) is 3. The number of likely N-dealkylation sites (tertiary alicyclic amines) is 2. The van der Waals surface area contributed by atoms with Crippen LogP contribution in [0.15, 0.2) is 73.1 Å². The van der Waals surface area contributed by atoms with Gasteiger partial charge >= 0.3 is 12.2 Å². The topological polar surface area (TPSA) is 184 Å². The molecule has 310 valence electrons. The average molecular weight is 805 g/mol. The molecule has 0 aliphatic carbocycles. The summed E-state index contributed by atoms with van der Waals surface area (Å²) < 4.78 is 14.9. The third-order valence-electron chi connectivity index (χ3n) is 11.5. The van der Waals surface area contributed by atoms with Gasteiger partial charge in [-0.25, -0.2) is 19.6 Å². The largest absolute Gasteiger partial charge is 0.453 e. The van der Waals surface area contributed by atoms with Crippen molar-refractivity contribution in [2.45, 2.75) is 76.7 Å². The third kappa shape index (κ3) is 8.65. The lowest BCUT2D eigenvalue weighted by molar-refractivity contribution is -0.137. The monoisotopic (exact) mass is 804 g/mol. The first-order valence-electron chi connectivity index (χ1n) is 20.1. The lowest BCUT2D eigenvalue weighted by atomic mass is 9.98. The molecule has 4 heterocycles. The van der Waals surface area contributed by atoms with Crippen LogP contribution in [-0.2, 0) is 23.8 Å². The lowest BCUT2D eigenvalue weighted by Gasteiger charge is -2.30. The summed E-state index contributed by atoms with van der Waals surface area (Å²) in [5, 5.41) is 7.50. The normalized spacial score (nSPS) is 18.2. The SMILES string of the molecule is COC(=O)N[C@H](C(=O)N1CCC[C@H]1c1ncc(-c2ccc3cc(-c4ccc(-c5cnc([C@@H]6CCCN6C(=O)[C@@H](NC(=O)OC)[C@H](C)OC)[nH]5)cc4)ccc3c2)[nH]1)C(C)C. The number of nitrogens with zero attached hydrogens (tertiary/aromatic N) is 4. The van der Waals surface area contributed by atoms with Crippen LogP contribution in [0.2, 0.25) is 0 Å². The van der Waals surface area contributed by atoms with E-state index < -0.39 is 30.4 Å². The number of aromatic amines is 2. The Kier molecular flexibility index (Phi) is 12.3. The summed E-state index contributed by atoms with van der Waals surface area (Å²) >= 11 is 0. The van der Waals surface area contributed by atoms with Crippen LogP contribution in [0.1, 0.15) is 70.2 Å². The second-order valence-corrected chi connectivity index (χ2v) is 15.5. The zero-order valence-corrected chi connectivity index (χ0v) is 34.3. The lowest BCUT2D eigenvalue weighted by Crippen LogP contribution is -2.54. The van der Waals surface area contributed by atoms with Gasteiger partial charge in [0.25, 0.3) is 0 Å². The average Bonchev–Trinajstić information content (AvgIpc) is 4.10. The van der Waals surface area contributed by atoms with E-state index in [2.05, 4.69) is 86.2 Å². The number of nitrogens with one attached hydrogen (secondary N) is 4. The van der Waals surface area contributed by atoms with E-state index in [0.717, 1.165) is 75.9 Å². The maximum absolute atomic E-state index is 13.6. The van der Waals surface area contributed by atoms with Gasteiger partial charge in [-0.1, -0.05) is 62.4 Å². The Morgan fingerprint density at radius 1 is 0.644 bits per heavy atom. The first-order chi connectivity index (χ1) is 28.5. The molecule has 5 atom stereocenters. The molecule has 4 N–H and O–H groups in total. The van der Waals surface area contributed by atoms with Crippen LogP contribution in [0.3, 0.4) is 0 Å². The molecule has 2 saturated heterocycles. The van der Waals surface area contributed by atoms with E-state index in [0.29, 0.717) is 18.9 Å². The number of imidazole rings is 2. The molecule has 2 aliphatic heterocycles. The summed E-state index contributed by atoms with van der Waals surface area (Å²) in [6, 6.07) is 18.9. The van der Waals surface area contributed by atoms with Crippen molar-refractivity contribution in [2.75, 3.05) is 34.4 Å². The number of carbonyl (C=O) groups is 4. The number of amides is 4. The fourth-order valence-electron chi connectivity index (χ4n) is 8.13. The number of rotatable bonds is 12. The quantitative estimate of drug-likeness (QED) is 0.106. The van der Waals surface area contributed by atoms with Gasteiger partial charge in [0.15, 0.2) is 0 Å². The Hall–Kier alpha value is -6.22. The molecule has 15 heteroatoms. The number of alkyl carbamates (subject to hydrolysis) is 2. The maximum atomic E-state index is 13.6. The van der Waals surface area contributed by atoms with Gasteiger partial charge in [-0.3, -0.25) is 9.59 Å². The van der Waals surface area contributed by atoms with E-state index in [-0.39, 0.29) is 29.8 Å². The van der Waals surface area contributed by atoms with Crippen molar-refractivity contribution in [2.24, 2.45) is 5.92 Å². The highest BCUT2D eigenvalue weighted by Crippen LogP contribution is 2.35. The Labute approximate surface area is 343 Å².